The average molecular weight is 342 g/mol. The molecular formula is C20H26N2O3. The van der Waals surface area contributed by atoms with Crippen LogP contribution in [0.4, 0.5) is 11.4 Å². The molecule has 0 radical (unpaired) electrons. The molecule has 1 N–H and O–H groups in total. The van der Waals surface area contributed by atoms with E-state index in [-0.39, 0.29) is 5.91 Å². The van der Waals surface area contributed by atoms with Gasteiger partial charge in [0.05, 0.1) is 19.8 Å². The number of methoxy groups -OCH3 is 2. The molecule has 0 aromatic heterocycles. The number of amides is 1. The molecule has 2 rings (SSSR count). The van der Waals surface area contributed by atoms with Crippen molar-refractivity contribution < 1.29 is 14.3 Å². The molecular weight excluding hydrogens is 316 g/mol. The van der Waals surface area contributed by atoms with E-state index >= 15 is 0 Å². The third-order valence-corrected chi connectivity index (χ3v) is 4.07. The van der Waals surface area contributed by atoms with E-state index < -0.39 is 0 Å². The predicted molar refractivity (Wildman–Crippen MR) is 102 cm³/mol. The number of para-hydroxylation sites is 1. The third-order valence-electron chi connectivity index (χ3n) is 4.07. The van der Waals surface area contributed by atoms with Crippen LogP contribution in [0.2, 0.25) is 0 Å². The average Bonchev–Trinajstić information content (AvgIpc) is 2.62. The lowest BCUT2D eigenvalue weighted by molar-refractivity contribution is 0.102. The predicted octanol–water partition coefficient (Wildman–Crippen LogP) is 4.19. The molecule has 0 aliphatic heterocycles. The Kier molecular flexibility index (Phi) is 6.28. The summed E-state index contributed by atoms with van der Waals surface area (Å²) in [6.45, 7) is 7.39. The van der Waals surface area contributed by atoms with Crippen molar-refractivity contribution in [2.45, 2.75) is 26.8 Å². The number of nitrogens with one attached hydrogen (secondary N) is 1. The quantitative estimate of drug-likeness (QED) is 0.820. The van der Waals surface area contributed by atoms with E-state index in [2.05, 4.69) is 31.0 Å². The fraction of sp³-hybridized carbons (Fsp3) is 0.350. The van der Waals surface area contributed by atoms with Gasteiger partial charge in [0.25, 0.3) is 5.91 Å². The van der Waals surface area contributed by atoms with Crippen LogP contribution in [0.3, 0.4) is 0 Å². The molecule has 0 atom stereocenters. The van der Waals surface area contributed by atoms with Gasteiger partial charge in [-0.1, -0.05) is 6.07 Å². The first-order chi connectivity index (χ1) is 12.0. The van der Waals surface area contributed by atoms with Crippen LogP contribution in [-0.4, -0.2) is 32.7 Å². The summed E-state index contributed by atoms with van der Waals surface area (Å²) in [5.74, 6) is 0.719. The molecule has 0 aliphatic carbocycles. The van der Waals surface area contributed by atoms with Crippen molar-refractivity contribution in [3.8, 4) is 11.5 Å². The number of nitrogens with zero attached hydrogens (tertiary/aromatic N) is 1. The van der Waals surface area contributed by atoms with Gasteiger partial charge in [-0.05, 0) is 57.2 Å². The van der Waals surface area contributed by atoms with Crippen LogP contribution in [0, 0.1) is 0 Å². The molecule has 0 heterocycles. The Morgan fingerprint density at radius 3 is 2.28 bits per heavy atom. The molecule has 25 heavy (non-hydrogen) atoms. The van der Waals surface area contributed by atoms with Crippen molar-refractivity contribution in [1.29, 1.82) is 0 Å². The third kappa shape index (κ3) is 4.24. The van der Waals surface area contributed by atoms with Gasteiger partial charge in [0.1, 0.15) is 0 Å². The minimum Gasteiger partial charge on any atom is -0.493 e. The summed E-state index contributed by atoms with van der Waals surface area (Å²) in [6.07, 6.45) is 0. The lowest BCUT2D eigenvalue weighted by Gasteiger charge is -2.27. The lowest BCUT2D eigenvalue weighted by Crippen LogP contribution is -2.30. The summed E-state index contributed by atoms with van der Waals surface area (Å²) >= 11 is 0. The van der Waals surface area contributed by atoms with Gasteiger partial charge in [-0.15, -0.1) is 0 Å². The molecule has 0 saturated heterocycles. The van der Waals surface area contributed by atoms with E-state index in [0.29, 0.717) is 23.1 Å². The van der Waals surface area contributed by atoms with Gasteiger partial charge in [0, 0.05) is 24.0 Å². The maximum absolute atomic E-state index is 12.6. The minimum absolute atomic E-state index is 0.236. The highest BCUT2D eigenvalue weighted by atomic mass is 16.5. The molecule has 1 amide bonds. The SMILES string of the molecule is CCN(c1ccc(NC(=O)c2cccc(OC)c2OC)cc1)C(C)C. The van der Waals surface area contributed by atoms with Gasteiger partial charge in [0.2, 0.25) is 0 Å². The Hall–Kier alpha value is -2.69. The van der Waals surface area contributed by atoms with E-state index in [1.807, 2.05) is 24.3 Å². The Balaban J connectivity index is 2.19. The fourth-order valence-electron chi connectivity index (χ4n) is 2.85. The molecule has 0 bridgehead atoms. The van der Waals surface area contributed by atoms with Crippen LogP contribution in [0.25, 0.3) is 0 Å². The fourth-order valence-corrected chi connectivity index (χ4v) is 2.85. The van der Waals surface area contributed by atoms with Crippen LogP contribution >= 0.6 is 0 Å². The molecule has 0 spiro atoms. The van der Waals surface area contributed by atoms with Crippen molar-refractivity contribution in [1.82, 2.24) is 0 Å². The van der Waals surface area contributed by atoms with Crippen LogP contribution in [0.1, 0.15) is 31.1 Å². The monoisotopic (exact) mass is 342 g/mol. The number of hydrogen-bond donors (Lipinski definition) is 1. The zero-order chi connectivity index (χ0) is 18.4. The van der Waals surface area contributed by atoms with E-state index in [4.69, 9.17) is 9.47 Å². The normalized spacial score (nSPS) is 10.5. The van der Waals surface area contributed by atoms with Gasteiger partial charge in [-0.25, -0.2) is 0 Å². The number of carbonyl (C=O) groups is 1. The zero-order valence-corrected chi connectivity index (χ0v) is 15.5. The Bertz CT molecular complexity index is 711. The summed E-state index contributed by atoms with van der Waals surface area (Å²) in [4.78, 5) is 14.9. The van der Waals surface area contributed by atoms with E-state index in [0.717, 1.165) is 17.9 Å². The molecule has 5 heteroatoms. The maximum atomic E-state index is 12.6. The summed E-state index contributed by atoms with van der Waals surface area (Å²) in [5.41, 5.74) is 2.30. The van der Waals surface area contributed by atoms with Crippen molar-refractivity contribution in [2.24, 2.45) is 0 Å². The standard InChI is InChI=1S/C20H26N2O3/c1-6-22(14(2)3)16-12-10-15(11-13-16)21-20(23)17-8-7-9-18(24-4)19(17)25-5/h7-14H,6H2,1-5H3,(H,21,23). The first kappa shape index (κ1) is 18.6. The highest BCUT2D eigenvalue weighted by Crippen LogP contribution is 2.31. The van der Waals surface area contributed by atoms with E-state index in [1.54, 1.807) is 25.3 Å². The number of ether oxygens (including phenoxy) is 2. The van der Waals surface area contributed by atoms with E-state index in [1.165, 1.54) is 7.11 Å². The van der Waals surface area contributed by atoms with Crippen molar-refractivity contribution in [3.05, 3.63) is 48.0 Å². The number of carbonyl (C=O) groups excluding carboxylic acids is 1. The van der Waals surface area contributed by atoms with E-state index in [9.17, 15) is 4.79 Å². The second-order valence-corrected chi connectivity index (χ2v) is 5.92. The van der Waals surface area contributed by atoms with Crippen LogP contribution in [0.15, 0.2) is 42.5 Å². The number of benzene rings is 2. The summed E-state index contributed by atoms with van der Waals surface area (Å²) in [5, 5.41) is 2.90. The van der Waals surface area contributed by atoms with Gasteiger partial charge in [-0.3, -0.25) is 4.79 Å². The summed E-state index contributed by atoms with van der Waals surface area (Å²) in [7, 11) is 3.07. The molecule has 2 aromatic carbocycles. The van der Waals surface area contributed by atoms with Gasteiger partial charge >= 0.3 is 0 Å². The number of rotatable bonds is 7. The summed E-state index contributed by atoms with van der Waals surface area (Å²) in [6, 6.07) is 13.5. The molecule has 5 nitrogen and oxygen atoms in total. The lowest BCUT2D eigenvalue weighted by atomic mass is 10.1. The minimum atomic E-state index is -0.236. The largest absolute Gasteiger partial charge is 0.493 e. The number of hydrogen-bond acceptors (Lipinski definition) is 4. The molecule has 0 fully saturated rings. The van der Waals surface area contributed by atoms with Crippen LogP contribution in [0.5, 0.6) is 11.5 Å². The first-order valence-electron chi connectivity index (χ1n) is 8.40. The highest BCUT2D eigenvalue weighted by molar-refractivity contribution is 6.06. The second kappa shape index (κ2) is 8.42. The second-order valence-electron chi connectivity index (χ2n) is 5.92. The topological polar surface area (TPSA) is 50.8 Å². The van der Waals surface area contributed by atoms with Gasteiger partial charge in [0.15, 0.2) is 11.5 Å². The molecule has 134 valence electrons. The molecule has 0 saturated carbocycles. The number of anilines is 2. The Morgan fingerprint density at radius 2 is 1.76 bits per heavy atom. The molecule has 0 unspecified atom stereocenters. The molecule has 0 aliphatic rings. The van der Waals surface area contributed by atoms with Crippen molar-refractivity contribution in [3.63, 3.8) is 0 Å². The van der Waals surface area contributed by atoms with Crippen LogP contribution in [-0.2, 0) is 0 Å². The first-order valence-corrected chi connectivity index (χ1v) is 8.40. The van der Waals surface area contributed by atoms with Gasteiger partial charge < -0.3 is 19.7 Å². The van der Waals surface area contributed by atoms with Crippen molar-refractivity contribution in [2.75, 3.05) is 31.0 Å². The van der Waals surface area contributed by atoms with Crippen LogP contribution < -0.4 is 19.7 Å². The summed E-state index contributed by atoms with van der Waals surface area (Å²) < 4.78 is 10.6. The molecule has 2 aromatic rings. The smallest absolute Gasteiger partial charge is 0.259 e. The zero-order valence-electron chi connectivity index (χ0n) is 15.5. The maximum Gasteiger partial charge on any atom is 0.259 e. The highest BCUT2D eigenvalue weighted by Gasteiger charge is 2.16. The van der Waals surface area contributed by atoms with Crippen molar-refractivity contribution >= 4 is 17.3 Å². The van der Waals surface area contributed by atoms with Gasteiger partial charge in [-0.2, -0.15) is 0 Å². The Morgan fingerprint density at radius 1 is 1.08 bits per heavy atom. The Labute approximate surface area is 149 Å².